The van der Waals surface area contributed by atoms with E-state index in [1.165, 1.54) is 0 Å². The molecule has 1 aromatic rings. The average Bonchev–Trinajstić information content (AvgIpc) is 2.65. The van der Waals surface area contributed by atoms with E-state index in [4.69, 9.17) is 16.3 Å². The number of alkyl halides is 1. The summed E-state index contributed by atoms with van der Waals surface area (Å²) in [6.07, 6.45) is -0.769. The van der Waals surface area contributed by atoms with Gasteiger partial charge in [0, 0.05) is 5.88 Å². The van der Waals surface area contributed by atoms with Crippen LogP contribution in [0.1, 0.15) is 25.0 Å². The van der Waals surface area contributed by atoms with Crippen LogP contribution in [0, 0.1) is 5.92 Å². The highest BCUT2D eigenvalue weighted by molar-refractivity contribution is 6.18. The third-order valence-electron chi connectivity index (χ3n) is 4.63. The van der Waals surface area contributed by atoms with Crippen LogP contribution in [0.4, 0.5) is 0 Å². The second kappa shape index (κ2) is 4.71. The lowest BCUT2D eigenvalue weighted by Crippen LogP contribution is -2.76. The maximum Gasteiger partial charge on any atom is 0.339 e. The van der Waals surface area contributed by atoms with Gasteiger partial charge in [-0.15, -0.1) is 11.6 Å². The fraction of sp³-hybridized carbons (Fsp3) is 0.467. The SMILES string of the molecule is C[C@@]12OC(=O)[C@]1([C@@H](O)c1ccccc1)NC(=O)[C@@H]2CCCl. The number of halogens is 1. The number of nitrogens with one attached hydrogen (secondary N) is 1. The summed E-state index contributed by atoms with van der Waals surface area (Å²) >= 11 is 5.74. The standard InChI is InChI=1S/C15H16ClNO4/c1-14-10(7-8-16)12(19)17-15(14,13(20)21-14)11(18)9-5-3-2-4-6-9/h2-6,10-11,18H,7-8H2,1H3,(H,17,19)/t10-,11-,14-,15-/m0/s1. The number of benzene rings is 1. The van der Waals surface area contributed by atoms with Crippen LogP contribution >= 0.6 is 11.6 Å². The largest absolute Gasteiger partial charge is 0.453 e. The Morgan fingerprint density at radius 3 is 2.62 bits per heavy atom. The Balaban J connectivity index is 2.03. The summed E-state index contributed by atoms with van der Waals surface area (Å²) in [6, 6.07) is 8.78. The maximum absolute atomic E-state index is 12.2. The van der Waals surface area contributed by atoms with Crippen LogP contribution in [0.25, 0.3) is 0 Å². The molecule has 2 heterocycles. The van der Waals surface area contributed by atoms with Crippen LogP contribution in [-0.4, -0.2) is 34.0 Å². The van der Waals surface area contributed by atoms with E-state index in [1.807, 2.05) is 6.07 Å². The number of aliphatic hydroxyl groups is 1. The van der Waals surface area contributed by atoms with Crippen molar-refractivity contribution in [1.29, 1.82) is 0 Å². The van der Waals surface area contributed by atoms with Gasteiger partial charge >= 0.3 is 5.97 Å². The van der Waals surface area contributed by atoms with Gasteiger partial charge in [0.25, 0.3) is 0 Å². The van der Waals surface area contributed by atoms with Crippen LogP contribution in [0.2, 0.25) is 0 Å². The van der Waals surface area contributed by atoms with Gasteiger partial charge in [0.05, 0.1) is 5.92 Å². The highest BCUT2D eigenvalue weighted by atomic mass is 35.5. The summed E-state index contributed by atoms with van der Waals surface area (Å²) in [6.45, 7) is 1.68. The monoisotopic (exact) mass is 309 g/mol. The van der Waals surface area contributed by atoms with Gasteiger partial charge in [-0.3, -0.25) is 4.79 Å². The average molecular weight is 310 g/mol. The molecule has 3 rings (SSSR count). The van der Waals surface area contributed by atoms with Crippen molar-refractivity contribution in [3.05, 3.63) is 35.9 Å². The number of carbonyl (C=O) groups excluding carboxylic acids is 2. The first kappa shape index (κ1) is 14.4. The summed E-state index contributed by atoms with van der Waals surface area (Å²) in [5.74, 6) is -1.18. The van der Waals surface area contributed by atoms with Gasteiger partial charge in [-0.2, -0.15) is 0 Å². The number of ether oxygens (including phenoxy) is 1. The molecule has 0 spiro atoms. The van der Waals surface area contributed by atoms with Crippen molar-refractivity contribution in [2.45, 2.75) is 30.6 Å². The van der Waals surface area contributed by atoms with Crippen molar-refractivity contribution in [3.63, 3.8) is 0 Å². The van der Waals surface area contributed by atoms with E-state index < -0.39 is 29.1 Å². The lowest BCUT2D eigenvalue weighted by Gasteiger charge is -2.53. The third kappa shape index (κ3) is 1.67. The summed E-state index contributed by atoms with van der Waals surface area (Å²) in [5.41, 5.74) is -1.94. The zero-order valence-corrected chi connectivity index (χ0v) is 12.3. The van der Waals surface area contributed by atoms with Crippen LogP contribution in [-0.2, 0) is 14.3 Å². The zero-order chi connectivity index (χ0) is 15.3. The number of hydrogen-bond donors (Lipinski definition) is 2. The molecule has 6 heteroatoms. The van der Waals surface area contributed by atoms with E-state index in [1.54, 1.807) is 31.2 Å². The first-order chi connectivity index (χ1) is 9.97. The summed E-state index contributed by atoms with van der Waals surface area (Å²) in [7, 11) is 0. The van der Waals surface area contributed by atoms with E-state index in [0.29, 0.717) is 12.0 Å². The molecule has 4 atom stereocenters. The van der Waals surface area contributed by atoms with Crippen LogP contribution in [0.3, 0.4) is 0 Å². The maximum atomic E-state index is 12.2. The molecule has 2 saturated heterocycles. The van der Waals surface area contributed by atoms with Crippen molar-refractivity contribution < 1.29 is 19.4 Å². The lowest BCUT2D eigenvalue weighted by atomic mass is 9.67. The van der Waals surface area contributed by atoms with E-state index in [2.05, 4.69) is 5.32 Å². The number of esters is 1. The normalized spacial score (nSPS) is 35.5. The second-order valence-corrected chi connectivity index (χ2v) is 6.02. The molecule has 0 unspecified atom stereocenters. The zero-order valence-electron chi connectivity index (χ0n) is 11.5. The van der Waals surface area contributed by atoms with Gasteiger partial charge in [0.2, 0.25) is 11.4 Å². The van der Waals surface area contributed by atoms with Gasteiger partial charge in [0.1, 0.15) is 6.10 Å². The Kier molecular flexibility index (Phi) is 3.22. The number of hydrogen-bond acceptors (Lipinski definition) is 4. The lowest BCUT2D eigenvalue weighted by molar-refractivity contribution is -0.236. The molecule has 2 aliphatic rings. The molecular weight excluding hydrogens is 294 g/mol. The van der Waals surface area contributed by atoms with Crippen molar-refractivity contribution in [1.82, 2.24) is 5.32 Å². The van der Waals surface area contributed by atoms with Crippen molar-refractivity contribution >= 4 is 23.5 Å². The second-order valence-electron chi connectivity index (χ2n) is 5.64. The van der Waals surface area contributed by atoms with Crippen LogP contribution in [0.5, 0.6) is 0 Å². The Morgan fingerprint density at radius 1 is 1.38 bits per heavy atom. The minimum atomic E-state index is -1.43. The molecule has 5 nitrogen and oxygen atoms in total. The summed E-state index contributed by atoms with van der Waals surface area (Å²) in [5, 5.41) is 13.4. The van der Waals surface area contributed by atoms with Gasteiger partial charge in [-0.25, -0.2) is 4.79 Å². The molecule has 0 bridgehead atoms. The topological polar surface area (TPSA) is 75.6 Å². The highest BCUT2D eigenvalue weighted by Gasteiger charge is 2.79. The van der Waals surface area contributed by atoms with Crippen LogP contribution < -0.4 is 5.32 Å². The number of rotatable bonds is 4. The van der Waals surface area contributed by atoms with Gasteiger partial charge in [-0.05, 0) is 18.9 Å². The quantitative estimate of drug-likeness (QED) is 0.646. The van der Waals surface area contributed by atoms with E-state index >= 15 is 0 Å². The van der Waals surface area contributed by atoms with E-state index in [9.17, 15) is 14.7 Å². The minimum absolute atomic E-state index is 0.280. The molecule has 0 aliphatic carbocycles. The van der Waals surface area contributed by atoms with Crippen molar-refractivity contribution in [2.75, 3.05) is 5.88 Å². The number of carbonyl (C=O) groups is 2. The number of amides is 1. The van der Waals surface area contributed by atoms with Crippen molar-refractivity contribution in [2.24, 2.45) is 5.92 Å². The summed E-state index contributed by atoms with van der Waals surface area (Å²) < 4.78 is 5.29. The van der Waals surface area contributed by atoms with E-state index in [-0.39, 0.29) is 11.8 Å². The molecule has 1 aromatic carbocycles. The molecule has 2 aliphatic heterocycles. The smallest absolute Gasteiger partial charge is 0.339 e. The molecule has 1 amide bonds. The van der Waals surface area contributed by atoms with E-state index in [0.717, 1.165) is 0 Å². The molecule has 2 N–H and O–H groups in total. The number of fused-ring (bicyclic) bond motifs is 1. The summed E-state index contributed by atoms with van der Waals surface area (Å²) in [4.78, 5) is 24.3. The van der Waals surface area contributed by atoms with Crippen molar-refractivity contribution in [3.8, 4) is 0 Å². The third-order valence-corrected chi connectivity index (χ3v) is 4.85. The minimum Gasteiger partial charge on any atom is -0.453 e. The molecule has 0 aromatic heterocycles. The Morgan fingerprint density at radius 2 is 2.05 bits per heavy atom. The van der Waals surface area contributed by atoms with Gasteiger partial charge < -0.3 is 15.2 Å². The first-order valence-corrected chi connectivity index (χ1v) is 7.35. The first-order valence-electron chi connectivity index (χ1n) is 6.82. The molecular formula is C15H16ClNO4. The Bertz CT molecular complexity index is 593. The predicted octanol–water partition coefficient (Wildman–Crippen LogP) is 1.15. The molecule has 0 radical (unpaired) electrons. The predicted molar refractivity (Wildman–Crippen MR) is 75.6 cm³/mol. The highest BCUT2D eigenvalue weighted by Crippen LogP contribution is 2.55. The number of aliphatic hydroxyl groups excluding tert-OH is 1. The fourth-order valence-electron chi connectivity index (χ4n) is 3.41. The molecule has 112 valence electrons. The molecule has 2 fully saturated rings. The molecule has 0 saturated carbocycles. The fourth-order valence-corrected chi connectivity index (χ4v) is 3.63. The molecule has 21 heavy (non-hydrogen) atoms. The van der Waals surface area contributed by atoms with Crippen LogP contribution in [0.15, 0.2) is 30.3 Å². The van der Waals surface area contributed by atoms with Gasteiger partial charge in [-0.1, -0.05) is 30.3 Å². The Hall–Kier alpha value is -1.59. The van der Waals surface area contributed by atoms with Gasteiger partial charge in [0.15, 0.2) is 5.60 Å². The Labute approximate surface area is 127 Å².